The van der Waals surface area contributed by atoms with Crippen molar-refractivity contribution in [2.45, 2.75) is 18.4 Å². The van der Waals surface area contributed by atoms with Crippen molar-refractivity contribution < 1.29 is 9.15 Å². The van der Waals surface area contributed by atoms with Gasteiger partial charge >= 0.3 is 0 Å². The minimum absolute atomic E-state index is 0.583. The number of hydrogen-bond donors (Lipinski definition) is 1. The first kappa shape index (κ1) is 15.0. The van der Waals surface area contributed by atoms with Gasteiger partial charge in [-0.3, -0.25) is 0 Å². The number of hydrogen-bond acceptors (Lipinski definition) is 4. The molecule has 0 amide bonds. The summed E-state index contributed by atoms with van der Waals surface area (Å²) in [4.78, 5) is 1.20. The van der Waals surface area contributed by atoms with E-state index in [1.165, 1.54) is 4.90 Å². The zero-order chi connectivity index (χ0) is 14.2. The molecule has 2 rings (SSSR count). The van der Waals surface area contributed by atoms with E-state index in [9.17, 15) is 0 Å². The molecule has 0 spiro atoms. The third-order valence-electron chi connectivity index (χ3n) is 2.96. The Labute approximate surface area is 124 Å². The quantitative estimate of drug-likeness (QED) is 0.750. The first-order chi connectivity index (χ1) is 9.79. The third-order valence-corrected chi connectivity index (χ3v) is 4.35. The van der Waals surface area contributed by atoms with E-state index in [4.69, 9.17) is 9.15 Å². The van der Waals surface area contributed by atoms with Crippen LogP contribution < -0.4 is 10.1 Å². The van der Waals surface area contributed by atoms with E-state index in [1.54, 1.807) is 13.4 Å². The predicted octanol–water partition coefficient (Wildman–Crippen LogP) is 3.81. The lowest BCUT2D eigenvalue weighted by Gasteiger charge is -2.13. The largest absolute Gasteiger partial charge is 0.496 e. The second-order valence-electron chi connectivity index (χ2n) is 4.78. The van der Waals surface area contributed by atoms with Gasteiger partial charge in [-0.05, 0) is 36.7 Å². The van der Waals surface area contributed by atoms with Crippen molar-refractivity contribution in [2.75, 3.05) is 19.4 Å². The molecule has 1 aromatic heterocycles. The molecule has 1 aromatic carbocycles. The van der Waals surface area contributed by atoms with Gasteiger partial charge in [0.2, 0.25) is 0 Å². The average molecular weight is 291 g/mol. The van der Waals surface area contributed by atoms with Crippen molar-refractivity contribution in [2.24, 2.45) is 5.92 Å². The van der Waals surface area contributed by atoms with Gasteiger partial charge in [-0.25, -0.2) is 0 Å². The van der Waals surface area contributed by atoms with E-state index in [1.807, 2.05) is 42.1 Å². The molecule has 1 heterocycles. The summed E-state index contributed by atoms with van der Waals surface area (Å²) >= 11 is 1.84. The van der Waals surface area contributed by atoms with Crippen LogP contribution in [0.4, 0.5) is 0 Å². The Morgan fingerprint density at radius 2 is 2.10 bits per heavy atom. The van der Waals surface area contributed by atoms with Gasteiger partial charge < -0.3 is 14.5 Å². The predicted molar refractivity (Wildman–Crippen MR) is 83.3 cm³/mol. The van der Waals surface area contributed by atoms with E-state index in [-0.39, 0.29) is 0 Å². The number of nitrogens with one attached hydrogen (secondary N) is 1. The van der Waals surface area contributed by atoms with E-state index >= 15 is 0 Å². The van der Waals surface area contributed by atoms with E-state index in [2.05, 4.69) is 18.3 Å². The minimum atomic E-state index is 0.583. The van der Waals surface area contributed by atoms with Crippen molar-refractivity contribution in [1.29, 1.82) is 0 Å². The molecule has 0 saturated carbocycles. The standard InChI is InChI=1S/C16H21NO2S/c1-13(10-17-11-14-6-5-9-19-14)12-20-16-8-4-3-7-15(16)18-2/h3-9,13,17H,10-12H2,1-2H3. The van der Waals surface area contributed by atoms with Gasteiger partial charge in [0.1, 0.15) is 11.5 Å². The summed E-state index contributed by atoms with van der Waals surface area (Å²) in [5.74, 6) is 3.58. The Morgan fingerprint density at radius 1 is 1.25 bits per heavy atom. The van der Waals surface area contributed by atoms with E-state index < -0.39 is 0 Å². The SMILES string of the molecule is COc1ccccc1SCC(C)CNCc1ccco1. The van der Waals surface area contributed by atoms with Gasteiger partial charge in [0, 0.05) is 10.6 Å². The molecule has 1 atom stereocenters. The van der Waals surface area contributed by atoms with Crippen LogP contribution in [0.2, 0.25) is 0 Å². The summed E-state index contributed by atoms with van der Waals surface area (Å²) in [6.45, 7) is 4.01. The van der Waals surface area contributed by atoms with Crippen molar-refractivity contribution >= 4 is 11.8 Å². The van der Waals surface area contributed by atoms with Gasteiger partial charge in [0.25, 0.3) is 0 Å². The third kappa shape index (κ3) is 4.62. The lowest BCUT2D eigenvalue weighted by Crippen LogP contribution is -2.21. The molecular formula is C16H21NO2S. The Balaban J connectivity index is 1.70. The highest BCUT2D eigenvalue weighted by Gasteiger charge is 2.07. The molecule has 0 radical (unpaired) electrons. The van der Waals surface area contributed by atoms with Crippen LogP contribution in [0.1, 0.15) is 12.7 Å². The lowest BCUT2D eigenvalue weighted by atomic mass is 10.2. The normalized spacial score (nSPS) is 12.3. The molecule has 0 aliphatic heterocycles. The molecule has 3 nitrogen and oxygen atoms in total. The number of para-hydroxylation sites is 1. The van der Waals surface area contributed by atoms with Crippen molar-refractivity contribution in [3.63, 3.8) is 0 Å². The van der Waals surface area contributed by atoms with Crippen LogP contribution in [0.25, 0.3) is 0 Å². The van der Waals surface area contributed by atoms with Crippen molar-refractivity contribution in [3.05, 3.63) is 48.4 Å². The van der Waals surface area contributed by atoms with E-state index in [0.29, 0.717) is 5.92 Å². The maximum Gasteiger partial charge on any atom is 0.132 e. The number of rotatable bonds is 8. The molecule has 4 heteroatoms. The van der Waals surface area contributed by atoms with Crippen LogP contribution in [0.15, 0.2) is 52.0 Å². The summed E-state index contributed by atoms with van der Waals surface area (Å²) in [5.41, 5.74) is 0. The fourth-order valence-electron chi connectivity index (χ4n) is 1.88. The highest BCUT2D eigenvalue weighted by Crippen LogP contribution is 2.29. The number of methoxy groups -OCH3 is 1. The molecule has 0 aliphatic rings. The molecule has 108 valence electrons. The average Bonchev–Trinajstić information content (AvgIpc) is 2.98. The number of furan rings is 1. The Hall–Kier alpha value is -1.39. The van der Waals surface area contributed by atoms with Crippen LogP contribution in [0.3, 0.4) is 0 Å². The highest BCUT2D eigenvalue weighted by molar-refractivity contribution is 7.99. The fraction of sp³-hybridized carbons (Fsp3) is 0.375. The van der Waals surface area contributed by atoms with Crippen molar-refractivity contribution in [3.8, 4) is 5.75 Å². The van der Waals surface area contributed by atoms with Crippen LogP contribution in [0.5, 0.6) is 5.75 Å². The Kier molecular flexibility index (Phi) is 6.02. The fourth-order valence-corrected chi connectivity index (χ4v) is 2.93. The molecular weight excluding hydrogens is 270 g/mol. The zero-order valence-electron chi connectivity index (χ0n) is 12.0. The molecule has 0 fully saturated rings. The number of thioether (sulfide) groups is 1. The molecule has 0 saturated heterocycles. The second-order valence-corrected chi connectivity index (χ2v) is 5.84. The zero-order valence-corrected chi connectivity index (χ0v) is 12.8. The molecule has 20 heavy (non-hydrogen) atoms. The van der Waals surface area contributed by atoms with Crippen LogP contribution >= 0.6 is 11.8 Å². The van der Waals surface area contributed by atoms with Gasteiger partial charge in [0.05, 0.1) is 19.9 Å². The van der Waals surface area contributed by atoms with Crippen LogP contribution in [0, 0.1) is 5.92 Å². The maximum atomic E-state index is 5.36. The minimum Gasteiger partial charge on any atom is -0.496 e. The number of ether oxygens (including phenoxy) is 1. The van der Waals surface area contributed by atoms with Gasteiger partial charge in [-0.15, -0.1) is 11.8 Å². The monoisotopic (exact) mass is 291 g/mol. The molecule has 1 unspecified atom stereocenters. The van der Waals surface area contributed by atoms with Crippen molar-refractivity contribution in [1.82, 2.24) is 5.32 Å². The van der Waals surface area contributed by atoms with Crippen LogP contribution in [-0.2, 0) is 6.54 Å². The summed E-state index contributed by atoms with van der Waals surface area (Å²) in [6, 6.07) is 12.1. The first-order valence-corrected chi connectivity index (χ1v) is 7.77. The Morgan fingerprint density at radius 3 is 2.85 bits per heavy atom. The maximum absolute atomic E-state index is 5.36. The smallest absolute Gasteiger partial charge is 0.132 e. The molecule has 1 N–H and O–H groups in total. The van der Waals surface area contributed by atoms with Gasteiger partial charge in [-0.2, -0.15) is 0 Å². The lowest BCUT2D eigenvalue weighted by molar-refractivity contribution is 0.404. The first-order valence-electron chi connectivity index (χ1n) is 6.78. The summed E-state index contributed by atoms with van der Waals surface area (Å²) in [5, 5.41) is 3.41. The summed E-state index contributed by atoms with van der Waals surface area (Å²) in [7, 11) is 1.72. The van der Waals surface area contributed by atoms with Gasteiger partial charge in [0.15, 0.2) is 0 Å². The highest BCUT2D eigenvalue weighted by atomic mass is 32.2. The van der Waals surface area contributed by atoms with Gasteiger partial charge in [-0.1, -0.05) is 19.1 Å². The Bertz CT molecular complexity index is 499. The second kappa shape index (κ2) is 8.02. The topological polar surface area (TPSA) is 34.4 Å². The molecule has 2 aromatic rings. The molecule has 0 bridgehead atoms. The number of benzene rings is 1. The van der Waals surface area contributed by atoms with E-state index in [0.717, 1.165) is 30.4 Å². The molecule has 0 aliphatic carbocycles. The summed E-state index contributed by atoms with van der Waals surface area (Å²) in [6.07, 6.45) is 1.71. The van der Waals surface area contributed by atoms with Crippen LogP contribution in [-0.4, -0.2) is 19.4 Å². The summed E-state index contributed by atoms with van der Waals surface area (Å²) < 4.78 is 10.6.